The molecule has 0 aliphatic rings. The highest BCUT2D eigenvalue weighted by Gasteiger charge is 2.19. The Kier molecular flexibility index (Phi) is 4.96. The lowest BCUT2D eigenvalue weighted by molar-refractivity contribution is 0.370. The Labute approximate surface area is 114 Å². The Morgan fingerprint density at radius 2 is 1.94 bits per heavy atom. The highest BCUT2D eigenvalue weighted by molar-refractivity contribution is 8.13. The first-order valence-electron chi connectivity index (χ1n) is 4.33. The second kappa shape index (κ2) is 5.83. The van der Waals surface area contributed by atoms with Gasteiger partial charge in [-0.3, -0.25) is 0 Å². The van der Waals surface area contributed by atoms with Crippen molar-refractivity contribution >= 4 is 42.9 Å². The summed E-state index contributed by atoms with van der Waals surface area (Å²) >= 11 is 11.6. The van der Waals surface area contributed by atoms with E-state index < -0.39 is 9.05 Å². The summed E-state index contributed by atoms with van der Waals surface area (Å²) < 4.78 is 27.5. The predicted molar refractivity (Wildman–Crippen MR) is 68.4 cm³/mol. The van der Waals surface area contributed by atoms with Crippen LogP contribution in [0.4, 0.5) is 0 Å². The number of hydrogen-bond donors (Lipinski definition) is 0. The zero-order valence-electron chi connectivity index (χ0n) is 8.63. The zero-order valence-corrected chi connectivity index (χ0v) is 11.7. The number of rotatable bonds is 3. The van der Waals surface area contributed by atoms with Gasteiger partial charge in [0.25, 0.3) is 9.05 Å². The second-order valence-corrected chi connectivity index (χ2v) is 6.13. The minimum absolute atomic E-state index is 0.00806. The summed E-state index contributed by atoms with van der Waals surface area (Å²) in [5.74, 6) is 5.56. The molecular weight excluding hydrogens is 307 g/mol. The number of benzene rings is 1. The summed E-state index contributed by atoms with van der Waals surface area (Å²) in [6, 6.07) is 2.60. The fourth-order valence-corrected chi connectivity index (χ4v) is 2.79. The van der Waals surface area contributed by atoms with E-state index in [0.29, 0.717) is 0 Å². The molecule has 17 heavy (non-hydrogen) atoms. The fourth-order valence-electron chi connectivity index (χ4n) is 1.000. The maximum Gasteiger partial charge on any atom is 0.262 e. The van der Waals surface area contributed by atoms with Crippen molar-refractivity contribution in [3.63, 3.8) is 0 Å². The van der Waals surface area contributed by atoms with Gasteiger partial charge >= 0.3 is 0 Å². The highest BCUT2D eigenvalue weighted by atomic mass is 35.7. The quantitative estimate of drug-likeness (QED) is 0.635. The van der Waals surface area contributed by atoms with Crippen molar-refractivity contribution in [2.24, 2.45) is 0 Å². The molecule has 0 spiro atoms. The third kappa shape index (κ3) is 3.68. The van der Waals surface area contributed by atoms with E-state index in [1.165, 1.54) is 12.1 Å². The lowest BCUT2D eigenvalue weighted by Crippen LogP contribution is -1.98. The molecule has 1 aromatic rings. The van der Waals surface area contributed by atoms with Crippen molar-refractivity contribution in [2.75, 3.05) is 6.61 Å². The summed E-state index contributed by atoms with van der Waals surface area (Å²) in [5, 5.41) is -0.171. The van der Waals surface area contributed by atoms with E-state index in [0.717, 1.165) is 0 Å². The van der Waals surface area contributed by atoms with Crippen molar-refractivity contribution in [3.05, 3.63) is 22.2 Å². The molecule has 0 N–H and O–H groups in total. The van der Waals surface area contributed by atoms with Gasteiger partial charge in [0.15, 0.2) is 0 Å². The maximum absolute atomic E-state index is 11.1. The Balaban J connectivity index is 3.14. The Bertz CT molecular complexity index is 585. The summed E-state index contributed by atoms with van der Waals surface area (Å²) in [4.78, 5) is -0.250. The van der Waals surface area contributed by atoms with E-state index in [9.17, 15) is 8.42 Å². The third-order valence-electron chi connectivity index (χ3n) is 1.75. The lowest BCUT2D eigenvalue weighted by Gasteiger charge is -2.08. The Morgan fingerprint density at radius 1 is 1.29 bits per heavy atom. The molecule has 1 rings (SSSR count). The van der Waals surface area contributed by atoms with Crippen molar-refractivity contribution in [2.45, 2.75) is 11.8 Å². The van der Waals surface area contributed by atoms with Gasteiger partial charge in [0.05, 0.1) is 5.02 Å². The van der Waals surface area contributed by atoms with Gasteiger partial charge in [-0.2, -0.15) is 0 Å². The van der Waals surface area contributed by atoms with Crippen LogP contribution in [0.3, 0.4) is 0 Å². The fraction of sp³-hybridized carbons (Fsp3) is 0.200. The SMILES string of the molecule is CC#CCOc1ccc(S(=O)(=O)Cl)c(Cl)c1Cl. The van der Waals surface area contributed by atoms with Crippen molar-refractivity contribution in [1.29, 1.82) is 0 Å². The van der Waals surface area contributed by atoms with Gasteiger partial charge in [-0.1, -0.05) is 29.1 Å². The monoisotopic (exact) mass is 312 g/mol. The molecule has 0 saturated carbocycles. The summed E-state index contributed by atoms with van der Waals surface area (Å²) in [6.07, 6.45) is 0. The molecule has 0 aliphatic carbocycles. The number of hydrogen-bond acceptors (Lipinski definition) is 3. The molecule has 0 saturated heterocycles. The smallest absolute Gasteiger partial charge is 0.262 e. The molecule has 0 amide bonds. The lowest BCUT2D eigenvalue weighted by atomic mass is 10.3. The van der Waals surface area contributed by atoms with Crippen LogP contribution in [0.2, 0.25) is 10.0 Å². The van der Waals surface area contributed by atoms with E-state index in [-0.39, 0.29) is 27.3 Å². The molecule has 1 aromatic carbocycles. The summed E-state index contributed by atoms with van der Waals surface area (Å²) in [5.41, 5.74) is 0. The van der Waals surface area contributed by atoms with Crippen LogP contribution in [0.15, 0.2) is 17.0 Å². The van der Waals surface area contributed by atoms with Crippen molar-refractivity contribution in [3.8, 4) is 17.6 Å². The van der Waals surface area contributed by atoms with Gasteiger partial charge in [-0.25, -0.2) is 8.42 Å². The van der Waals surface area contributed by atoms with Crippen LogP contribution in [0.1, 0.15) is 6.92 Å². The predicted octanol–water partition coefficient (Wildman–Crippen LogP) is 3.32. The summed E-state index contributed by atoms with van der Waals surface area (Å²) in [7, 11) is 1.26. The molecule has 0 fully saturated rings. The largest absolute Gasteiger partial charge is 0.479 e. The first kappa shape index (κ1) is 14.5. The molecule has 0 heterocycles. The molecule has 0 unspecified atom stereocenters. The average molecular weight is 314 g/mol. The van der Waals surface area contributed by atoms with Crippen LogP contribution in [-0.4, -0.2) is 15.0 Å². The van der Waals surface area contributed by atoms with E-state index in [1.807, 2.05) is 0 Å². The molecule has 0 aliphatic heterocycles. The standard InChI is InChI=1S/C10H7Cl3O3S/c1-2-3-6-16-7-4-5-8(17(13,14)15)10(12)9(7)11/h4-5H,6H2,1H3. The molecule has 92 valence electrons. The topological polar surface area (TPSA) is 43.4 Å². The Hall–Kier alpha value is -0.600. The maximum atomic E-state index is 11.1. The van der Waals surface area contributed by atoms with Crippen LogP contribution in [0.25, 0.3) is 0 Å². The van der Waals surface area contributed by atoms with Crippen LogP contribution < -0.4 is 4.74 Å². The first-order valence-corrected chi connectivity index (χ1v) is 7.39. The van der Waals surface area contributed by atoms with Crippen LogP contribution in [-0.2, 0) is 9.05 Å². The van der Waals surface area contributed by atoms with E-state index in [4.69, 9.17) is 38.6 Å². The molecule has 0 atom stereocenters. The van der Waals surface area contributed by atoms with Gasteiger partial charge in [-0.05, 0) is 19.1 Å². The van der Waals surface area contributed by atoms with E-state index >= 15 is 0 Å². The van der Waals surface area contributed by atoms with Crippen LogP contribution in [0, 0.1) is 11.8 Å². The van der Waals surface area contributed by atoms with Gasteiger partial charge in [0.1, 0.15) is 22.3 Å². The second-order valence-electron chi connectivity index (χ2n) is 2.84. The van der Waals surface area contributed by atoms with Gasteiger partial charge < -0.3 is 4.74 Å². The molecular formula is C10H7Cl3O3S. The molecule has 0 aromatic heterocycles. The van der Waals surface area contributed by atoms with Gasteiger partial charge in [-0.15, -0.1) is 5.92 Å². The van der Waals surface area contributed by atoms with Crippen molar-refractivity contribution in [1.82, 2.24) is 0 Å². The highest BCUT2D eigenvalue weighted by Crippen LogP contribution is 2.37. The van der Waals surface area contributed by atoms with Gasteiger partial charge in [0.2, 0.25) is 0 Å². The summed E-state index contributed by atoms with van der Waals surface area (Å²) in [6.45, 7) is 1.81. The van der Waals surface area contributed by atoms with Crippen molar-refractivity contribution < 1.29 is 13.2 Å². The van der Waals surface area contributed by atoms with E-state index in [2.05, 4.69) is 11.8 Å². The number of ether oxygens (including phenoxy) is 1. The first-order chi connectivity index (χ1) is 7.88. The molecule has 0 radical (unpaired) electrons. The third-order valence-corrected chi connectivity index (χ3v) is 4.09. The molecule has 7 heteroatoms. The van der Waals surface area contributed by atoms with Crippen LogP contribution >= 0.6 is 33.9 Å². The zero-order chi connectivity index (χ0) is 13.1. The van der Waals surface area contributed by atoms with Crippen LogP contribution in [0.5, 0.6) is 5.75 Å². The minimum atomic E-state index is -3.93. The molecule has 3 nitrogen and oxygen atoms in total. The Morgan fingerprint density at radius 3 is 2.47 bits per heavy atom. The minimum Gasteiger partial charge on any atom is -0.479 e. The normalized spacial score (nSPS) is 10.6. The van der Waals surface area contributed by atoms with E-state index in [1.54, 1.807) is 6.92 Å². The molecule has 0 bridgehead atoms. The number of halogens is 3. The average Bonchev–Trinajstić information content (AvgIpc) is 2.23. The van der Waals surface area contributed by atoms with Gasteiger partial charge in [0, 0.05) is 10.7 Å².